The number of hydrogen-bond acceptors (Lipinski definition) is 5. The minimum Gasteiger partial charge on any atom is -0.481 e. The number of nitrogens with zero attached hydrogens (tertiary/aromatic N) is 1. The smallest absolute Gasteiger partial charge is 0.407 e. The summed E-state index contributed by atoms with van der Waals surface area (Å²) in [6, 6.07) is 19.0. The minimum atomic E-state index is -1.33. The fourth-order valence-electron chi connectivity index (χ4n) is 4.34. The number of aromatic amines is 1. The first-order valence-electron chi connectivity index (χ1n) is 11.1. The van der Waals surface area contributed by atoms with Gasteiger partial charge in [-0.15, -0.1) is 0 Å². The average Bonchev–Trinajstić information content (AvgIpc) is 3.15. The summed E-state index contributed by atoms with van der Waals surface area (Å²) in [5.74, 6) is -2.03. The normalized spacial score (nSPS) is 12.8. The van der Waals surface area contributed by atoms with E-state index in [0.29, 0.717) is 5.69 Å². The molecule has 1 atom stereocenters. The lowest BCUT2D eigenvalue weighted by molar-refractivity contribution is -0.142. The zero-order chi connectivity index (χ0) is 24.9. The number of H-pyrrole nitrogens is 1. The first kappa shape index (κ1) is 23.7. The van der Waals surface area contributed by atoms with Crippen LogP contribution >= 0.6 is 0 Å². The van der Waals surface area contributed by atoms with Crippen LogP contribution in [-0.4, -0.2) is 52.7 Å². The lowest BCUT2D eigenvalue weighted by Crippen LogP contribution is -2.48. The van der Waals surface area contributed by atoms with Gasteiger partial charge in [0.25, 0.3) is 0 Å². The first-order valence-corrected chi connectivity index (χ1v) is 11.1. The van der Waals surface area contributed by atoms with Gasteiger partial charge in [0.2, 0.25) is 11.5 Å². The van der Waals surface area contributed by atoms with Crippen molar-refractivity contribution < 1.29 is 24.2 Å². The molecule has 0 fully saturated rings. The molecule has 1 heterocycles. The molecule has 3 N–H and O–H groups in total. The molecule has 3 aromatic rings. The lowest BCUT2D eigenvalue weighted by Gasteiger charge is -2.24. The standard InChI is InChI=1S/C26H25N3O6/c1-29(14-16-7-6-12-23(30)27-16)25(33)22(13-24(31)32)28-26(34)35-15-21-19-10-4-2-8-17(19)18-9-3-5-11-20(18)21/h2-12,21-22H,13-15H2,1H3,(H,27,30)(H,28,34)(H,31,32). The van der Waals surface area contributed by atoms with Crippen molar-refractivity contribution >= 4 is 18.0 Å². The molecule has 0 bridgehead atoms. The van der Waals surface area contributed by atoms with Gasteiger partial charge in [-0.25, -0.2) is 4.79 Å². The van der Waals surface area contributed by atoms with Crippen molar-refractivity contribution in [3.05, 3.63) is 93.9 Å². The number of amides is 2. The Labute approximate surface area is 201 Å². The molecular formula is C26H25N3O6. The highest BCUT2D eigenvalue weighted by Crippen LogP contribution is 2.44. The van der Waals surface area contributed by atoms with Gasteiger partial charge < -0.3 is 25.0 Å². The number of carbonyl (C=O) groups excluding carboxylic acids is 2. The number of carboxylic acids is 1. The number of hydrogen-bond donors (Lipinski definition) is 3. The summed E-state index contributed by atoms with van der Waals surface area (Å²) >= 11 is 0. The van der Waals surface area contributed by atoms with Crippen LogP contribution in [0.2, 0.25) is 0 Å². The van der Waals surface area contributed by atoms with Crippen molar-refractivity contribution in [2.45, 2.75) is 24.9 Å². The summed E-state index contributed by atoms with van der Waals surface area (Å²) in [5, 5.41) is 11.7. The topological polar surface area (TPSA) is 129 Å². The quantitative estimate of drug-likeness (QED) is 0.460. The molecule has 9 nitrogen and oxygen atoms in total. The number of pyridine rings is 1. The van der Waals surface area contributed by atoms with E-state index in [9.17, 15) is 24.3 Å². The number of likely N-dealkylation sites (N-methyl/N-ethyl adjacent to an activating group) is 1. The third-order valence-corrected chi connectivity index (χ3v) is 5.93. The van der Waals surface area contributed by atoms with Gasteiger partial charge in [0.15, 0.2) is 0 Å². The third kappa shape index (κ3) is 5.40. The second-order valence-corrected chi connectivity index (χ2v) is 8.35. The number of aromatic nitrogens is 1. The van der Waals surface area contributed by atoms with E-state index >= 15 is 0 Å². The van der Waals surface area contributed by atoms with E-state index in [1.807, 2.05) is 48.5 Å². The van der Waals surface area contributed by atoms with Gasteiger partial charge in [0.1, 0.15) is 12.6 Å². The molecule has 1 unspecified atom stereocenters. The molecule has 2 aromatic carbocycles. The fourth-order valence-corrected chi connectivity index (χ4v) is 4.34. The lowest BCUT2D eigenvalue weighted by atomic mass is 9.98. The second kappa shape index (κ2) is 10.3. The Morgan fingerprint density at radius 2 is 1.63 bits per heavy atom. The highest BCUT2D eigenvalue weighted by molar-refractivity contribution is 5.89. The highest BCUT2D eigenvalue weighted by atomic mass is 16.5. The van der Waals surface area contributed by atoms with Crippen LogP contribution in [0.3, 0.4) is 0 Å². The zero-order valence-electron chi connectivity index (χ0n) is 19.1. The van der Waals surface area contributed by atoms with Crippen molar-refractivity contribution in [1.29, 1.82) is 0 Å². The molecule has 1 aliphatic carbocycles. The Bertz CT molecular complexity index is 1270. The van der Waals surface area contributed by atoms with Crippen molar-refractivity contribution in [3.63, 3.8) is 0 Å². The molecule has 9 heteroatoms. The average molecular weight is 476 g/mol. The minimum absolute atomic E-state index is 0.0366. The summed E-state index contributed by atoms with van der Waals surface area (Å²) in [6.45, 7) is 0.0757. The number of carbonyl (C=O) groups is 3. The molecular weight excluding hydrogens is 450 g/mol. The van der Waals surface area contributed by atoms with E-state index in [4.69, 9.17) is 4.74 Å². The number of ether oxygens (including phenoxy) is 1. The van der Waals surface area contributed by atoms with Crippen molar-refractivity contribution in [2.75, 3.05) is 13.7 Å². The van der Waals surface area contributed by atoms with E-state index < -0.39 is 30.4 Å². The van der Waals surface area contributed by atoms with Gasteiger partial charge in [-0.05, 0) is 28.3 Å². The molecule has 180 valence electrons. The number of aliphatic carboxylic acids is 1. The van der Waals surface area contributed by atoms with Gasteiger partial charge in [0, 0.05) is 24.7 Å². The number of fused-ring (bicyclic) bond motifs is 3. The summed E-state index contributed by atoms with van der Waals surface area (Å²) in [6.07, 6.45) is -1.49. The summed E-state index contributed by atoms with van der Waals surface area (Å²) < 4.78 is 5.45. The first-order chi connectivity index (χ1) is 16.8. The number of carboxylic acid groups (broad SMARTS) is 1. The van der Waals surface area contributed by atoms with E-state index in [-0.39, 0.29) is 24.6 Å². The molecule has 0 spiro atoms. The fraction of sp³-hybridized carbons (Fsp3) is 0.231. The van der Waals surface area contributed by atoms with E-state index in [1.54, 1.807) is 12.1 Å². The van der Waals surface area contributed by atoms with Crippen LogP contribution in [0.5, 0.6) is 0 Å². The Kier molecular flexibility index (Phi) is 6.96. The molecule has 0 radical (unpaired) electrons. The van der Waals surface area contributed by atoms with Gasteiger partial charge in [-0.1, -0.05) is 54.6 Å². The predicted octanol–water partition coefficient (Wildman–Crippen LogP) is 2.72. The van der Waals surface area contributed by atoms with Crippen LogP contribution in [0.15, 0.2) is 71.5 Å². The SMILES string of the molecule is CN(Cc1cccc(=O)[nH]1)C(=O)C(CC(=O)O)NC(=O)OCC1c2ccccc2-c2ccccc21. The van der Waals surface area contributed by atoms with Crippen LogP contribution in [0.1, 0.15) is 29.2 Å². The van der Waals surface area contributed by atoms with Crippen LogP contribution in [0.25, 0.3) is 11.1 Å². The van der Waals surface area contributed by atoms with Crippen molar-refractivity contribution in [2.24, 2.45) is 0 Å². The third-order valence-electron chi connectivity index (χ3n) is 5.93. The number of benzene rings is 2. The maximum absolute atomic E-state index is 12.9. The van der Waals surface area contributed by atoms with E-state index in [1.165, 1.54) is 18.0 Å². The number of alkyl carbamates (subject to hydrolysis) is 1. The molecule has 4 rings (SSSR count). The zero-order valence-corrected chi connectivity index (χ0v) is 19.1. The Hall–Kier alpha value is -4.40. The monoisotopic (exact) mass is 475 g/mol. The maximum atomic E-state index is 12.9. The van der Waals surface area contributed by atoms with Gasteiger partial charge in [-0.3, -0.25) is 14.4 Å². The van der Waals surface area contributed by atoms with Gasteiger partial charge in [0.05, 0.1) is 13.0 Å². The number of rotatable bonds is 8. The van der Waals surface area contributed by atoms with Crippen LogP contribution in [0, 0.1) is 0 Å². The maximum Gasteiger partial charge on any atom is 0.407 e. The van der Waals surface area contributed by atoms with E-state index in [0.717, 1.165) is 22.3 Å². The molecule has 1 aromatic heterocycles. The summed E-state index contributed by atoms with van der Waals surface area (Å²) in [4.78, 5) is 52.2. The Morgan fingerprint density at radius 3 is 2.23 bits per heavy atom. The largest absolute Gasteiger partial charge is 0.481 e. The van der Waals surface area contributed by atoms with Gasteiger partial charge in [-0.2, -0.15) is 0 Å². The number of nitrogens with one attached hydrogen (secondary N) is 2. The molecule has 0 aliphatic heterocycles. The Balaban J connectivity index is 1.42. The van der Waals surface area contributed by atoms with E-state index in [2.05, 4.69) is 10.3 Å². The van der Waals surface area contributed by atoms with Crippen LogP contribution < -0.4 is 10.9 Å². The van der Waals surface area contributed by atoms with Crippen molar-refractivity contribution in [1.82, 2.24) is 15.2 Å². The molecule has 2 amide bonds. The molecule has 0 saturated carbocycles. The molecule has 1 aliphatic rings. The van der Waals surface area contributed by atoms with Gasteiger partial charge >= 0.3 is 12.1 Å². The van der Waals surface area contributed by atoms with Crippen molar-refractivity contribution in [3.8, 4) is 11.1 Å². The molecule has 35 heavy (non-hydrogen) atoms. The Morgan fingerprint density at radius 1 is 1.00 bits per heavy atom. The highest BCUT2D eigenvalue weighted by Gasteiger charge is 2.31. The van der Waals surface area contributed by atoms with Crippen LogP contribution in [-0.2, 0) is 20.9 Å². The summed E-state index contributed by atoms with van der Waals surface area (Å²) in [7, 11) is 1.46. The summed E-state index contributed by atoms with van der Waals surface area (Å²) in [5.41, 5.74) is 4.39. The predicted molar refractivity (Wildman–Crippen MR) is 128 cm³/mol. The van der Waals surface area contributed by atoms with Crippen LogP contribution in [0.4, 0.5) is 4.79 Å². The second-order valence-electron chi connectivity index (χ2n) is 8.35. The molecule has 0 saturated heterocycles.